The average Bonchev–Trinajstić information content (AvgIpc) is 2.75. The molecule has 144 valence electrons. The standard InChI is InChI=1S/C19H21N7O2/c20-18-22-12-14(13-23-18)16-11-17(28-8-4-15-3-1-2-5-21-15)25-19(24-16)26-6-9-27-10-7-26/h1-3,5,11-13H,4,6-10H2,(H2,20,22,23). The number of nitrogens with two attached hydrogens (primary N) is 1. The molecule has 1 saturated heterocycles. The van der Waals surface area contributed by atoms with E-state index in [1.54, 1.807) is 24.7 Å². The quantitative estimate of drug-likeness (QED) is 0.678. The van der Waals surface area contributed by atoms with E-state index in [1.807, 2.05) is 18.2 Å². The Bertz CT molecular complexity index is 900. The number of ether oxygens (including phenoxy) is 2. The van der Waals surface area contributed by atoms with Gasteiger partial charge in [0.1, 0.15) is 0 Å². The zero-order chi connectivity index (χ0) is 19.2. The molecule has 9 heteroatoms. The van der Waals surface area contributed by atoms with Crippen molar-refractivity contribution in [2.45, 2.75) is 6.42 Å². The number of hydrogen-bond acceptors (Lipinski definition) is 9. The van der Waals surface area contributed by atoms with Crippen LogP contribution in [0.3, 0.4) is 0 Å². The molecule has 4 heterocycles. The van der Waals surface area contributed by atoms with Gasteiger partial charge in [0.25, 0.3) is 0 Å². The van der Waals surface area contributed by atoms with E-state index in [0.29, 0.717) is 43.8 Å². The van der Waals surface area contributed by atoms with Gasteiger partial charge in [-0.25, -0.2) is 15.0 Å². The van der Waals surface area contributed by atoms with Gasteiger partial charge in [0, 0.05) is 55.4 Å². The number of nitrogens with zero attached hydrogens (tertiary/aromatic N) is 6. The Morgan fingerprint density at radius 1 is 1.07 bits per heavy atom. The van der Waals surface area contributed by atoms with Crippen LogP contribution < -0.4 is 15.4 Å². The van der Waals surface area contributed by atoms with E-state index in [2.05, 4.69) is 29.8 Å². The van der Waals surface area contributed by atoms with Gasteiger partial charge in [-0.3, -0.25) is 4.98 Å². The van der Waals surface area contributed by atoms with Crippen molar-refractivity contribution < 1.29 is 9.47 Å². The third-order valence-electron chi connectivity index (χ3n) is 4.29. The SMILES string of the molecule is Nc1ncc(-c2cc(OCCc3ccccn3)nc(N3CCOCC3)n2)cn1. The maximum absolute atomic E-state index is 5.91. The smallest absolute Gasteiger partial charge is 0.229 e. The van der Waals surface area contributed by atoms with E-state index in [0.717, 1.165) is 24.3 Å². The molecule has 1 aliphatic rings. The van der Waals surface area contributed by atoms with Crippen LogP contribution in [0.4, 0.5) is 11.9 Å². The fourth-order valence-corrected chi connectivity index (χ4v) is 2.82. The largest absolute Gasteiger partial charge is 0.477 e. The molecule has 0 saturated carbocycles. The molecule has 4 rings (SSSR count). The molecule has 0 unspecified atom stereocenters. The van der Waals surface area contributed by atoms with E-state index in [9.17, 15) is 0 Å². The highest BCUT2D eigenvalue weighted by atomic mass is 16.5. The van der Waals surface area contributed by atoms with Crippen molar-refractivity contribution in [3.05, 3.63) is 48.5 Å². The first kappa shape index (κ1) is 18.1. The van der Waals surface area contributed by atoms with Crippen molar-refractivity contribution >= 4 is 11.9 Å². The van der Waals surface area contributed by atoms with Crippen LogP contribution in [-0.2, 0) is 11.2 Å². The van der Waals surface area contributed by atoms with E-state index < -0.39 is 0 Å². The van der Waals surface area contributed by atoms with Gasteiger partial charge in [0.15, 0.2) is 0 Å². The molecule has 3 aromatic heterocycles. The Labute approximate surface area is 162 Å². The normalized spacial score (nSPS) is 14.1. The Hall–Kier alpha value is -3.33. The Morgan fingerprint density at radius 3 is 2.64 bits per heavy atom. The van der Waals surface area contributed by atoms with Crippen molar-refractivity contribution in [2.24, 2.45) is 0 Å². The first-order valence-electron chi connectivity index (χ1n) is 9.10. The first-order valence-corrected chi connectivity index (χ1v) is 9.10. The molecule has 2 N–H and O–H groups in total. The van der Waals surface area contributed by atoms with Crippen LogP contribution in [0.2, 0.25) is 0 Å². The Kier molecular flexibility index (Phi) is 5.53. The van der Waals surface area contributed by atoms with Gasteiger partial charge < -0.3 is 20.1 Å². The van der Waals surface area contributed by atoms with E-state index >= 15 is 0 Å². The number of rotatable bonds is 6. The van der Waals surface area contributed by atoms with Crippen LogP contribution >= 0.6 is 0 Å². The molecule has 28 heavy (non-hydrogen) atoms. The third kappa shape index (κ3) is 4.49. The number of aromatic nitrogens is 5. The molecule has 1 aliphatic heterocycles. The molecular weight excluding hydrogens is 358 g/mol. The number of nitrogen functional groups attached to an aromatic ring is 1. The molecule has 0 radical (unpaired) electrons. The second-order valence-electron chi connectivity index (χ2n) is 6.24. The number of anilines is 2. The van der Waals surface area contributed by atoms with Gasteiger partial charge in [-0.1, -0.05) is 6.07 Å². The van der Waals surface area contributed by atoms with Crippen LogP contribution in [0.25, 0.3) is 11.3 Å². The minimum atomic E-state index is 0.220. The summed E-state index contributed by atoms with van der Waals surface area (Å²) in [4.78, 5) is 23.7. The number of pyridine rings is 1. The summed E-state index contributed by atoms with van der Waals surface area (Å²) in [5.74, 6) is 1.32. The molecule has 1 fully saturated rings. The van der Waals surface area contributed by atoms with Crippen LogP contribution in [0.15, 0.2) is 42.9 Å². The highest BCUT2D eigenvalue weighted by molar-refractivity contribution is 5.60. The maximum atomic E-state index is 5.91. The summed E-state index contributed by atoms with van der Waals surface area (Å²) < 4.78 is 11.3. The first-order chi connectivity index (χ1) is 13.8. The lowest BCUT2D eigenvalue weighted by molar-refractivity contribution is 0.122. The van der Waals surface area contributed by atoms with Crippen LogP contribution in [0.5, 0.6) is 5.88 Å². The second kappa shape index (κ2) is 8.57. The molecule has 3 aromatic rings. The highest BCUT2D eigenvalue weighted by Gasteiger charge is 2.17. The summed E-state index contributed by atoms with van der Waals surface area (Å²) in [5.41, 5.74) is 8.00. The number of hydrogen-bond donors (Lipinski definition) is 1. The highest BCUT2D eigenvalue weighted by Crippen LogP contribution is 2.24. The second-order valence-corrected chi connectivity index (χ2v) is 6.24. The van der Waals surface area contributed by atoms with Gasteiger partial charge in [-0.05, 0) is 12.1 Å². The maximum Gasteiger partial charge on any atom is 0.229 e. The van der Waals surface area contributed by atoms with Crippen molar-refractivity contribution in [1.29, 1.82) is 0 Å². The molecule has 0 aromatic carbocycles. The van der Waals surface area contributed by atoms with Crippen molar-refractivity contribution in [3.63, 3.8) is 0 Å². The molecule has 0 amide bonds. The molecule has 9 nitrogen and oxygen atoms in total. The average molecular weight is 379 g/mol. The Morgan fingerprint density at radius 2 is 1.89 bits per heavy atom. The lowest BCUT2D eigenvalue weighted by Crippen LogP contribution is -2.37. The summed E-state index contributed by atoms with van der Waals surface area (Å²) in [7, 11) is 0. The minimum Gasteiger partial charge on any atom is -0.477 e. The third-order valence-corrected chi connectivity index (χ3v) is 4.29. The molecule has 0 aliphatic carbocycles. The van der Waals surface area contributed by atoms with Crippen molar-refractivity contribution in [2.75, 3.05) is 43.5 Å². The van der Waals surface area contributed by atoms with Gasteiger partial charge in [0.2, 0.25) is 17.8 Å². The topological polar surface area (TPSA) is 112 Å². The van der Waals surface area contributed by atoms with E-state index in [1.165, 1.54) is 0 Å². The van der Waals surface area contributed by atoms with Gasteiger partial charge >= 0.3 is 0 Å². The number of morpholine rings is 1. The molecular formula is C19H21N7O2. The summed E-state index contributed by atoms with van der Waals surface area (Å²) in [6.07, 6.45) is 5.75. The fraction of sp³-hybridized carbons (Fsp3) is 0.316. The predicted octanol–water partition coefficient (Wildman–Crippen LogP) is 1.37. The molecule has 0 atom stereocenters. The predicted molar refractivity (Wildman–Crippen MR) is 104 cm³/mol. The lowest BCUT2D eigenvalue weighted by Gasteiger charge is -2.27. The van der Waals surface area contributed by atoms with E-state index in [-0.39, 0.29) is 5.95 Å². The van der Waals surface area contributed by atoms with Gasteiger partial charge in [-0.15, -0.1) is 0 Å². The van der Waals surface area contributed by atoms with Gasteiger partial charge in [-0.2, -0.15) is 4.98 Å². The van der Waals surface area contributed by atoms with Crippen molar-refractivity contribution in [3.8, 4) is 17.1 Å². The van der Waals surface area contributed by atoms with Crippen LogP contribution in [0, 0.1) is 0 Å². The van der Waals surface area contributed by atoms with Crippen LogP contribution in [-0.4, -0.2) is 57.8 Å². The lowest BCUT2D eigenvalue weighted by atomic mass is 10.2. The fourth-order valence-electron chi connectivity index (χ4n) is 2.82. The summed E-state index contributed by atoms with van der Waals surface area (Å²) in [6.45, 7) is 3.22. The molecule has 0 spiro atoms. The van der Waals surface area contributed by atoms with Gasteiger partial charge in [0.05, 0.1) is 25.5 Å². The van der Waals surface area contributed by atoms with Crippen LogP contribution in [0.1, 0.15) is 5.69 Å². The summed E-state index contributed by atoms with van der Waals surface area (Å²) >= 11 is 0. The van der Waals surface area contributed by atoms with E-state index in [4.69, 9.17) is 15.2 Å². The monoisotopic (exact) mass is 379 g/mol. The summed E-state index contributed by atoms with van der Waals surface area (Å²) in [6, 6.07) is 7.62. The molecule has 0 bridgehead atoms. The van der Waals surface area contributed by atoms with Crippen molar-refractivity contribution in [1.82, 2.24) is 24.9 Å². The zero-order valence-corrected chi connectivity index (χ0v) is 15.4. The zero-order valence-electron chi connectivity index (χ0n) is 15.4. The Balaban J connectivity index is 1.56. The summed E-state index contributed by atoms with van der Waals surface area (Å²) in [5, 5.41) is 0. The minimum absolute atomic E-state index is 0.220.